The third-order valence-electron chi connectivity index (χ3n) is 2.69. The number of ether oxygens (including phenoxy) is 1. The van der Waals surface area contributed by atoms with Crippen molar-refractivity contribution in [3.05, 3.63) is 17.8 Å². The van der Waals surface area contributed by atoms with Gasteiger partial charge in [0.25, 0.3) is 0 Å². The van der Waals surface area contributed by atoms with E-state index in [1.165, 1.54) is 0 Å². The molecular formula is C12H21N3O. The van der Waals surface area contributed by atoms with Crippen LogP contribution in [-0.2, 0) is 4.74 Å². The first kappa shape index (κ1) is 12.8. The van der Waals surface area contributed by atoms with Crippen LogP contribution in [0.25, 0.3) is 0 Å². The average Bonchev–Trinajstić information content (AvgIpc) is 2.25. The first-order valence-electron chi connectivity index (χ1n) is 5.58. The SMILES string of the molecule is CCN(c1ccc(N)c(C)n1)C(C)COC. The van der Waals surface area contributed by atoms with Gasteiger partial charge in [0.05, 0.1) is 24.0 Å². The molecule has 2 N–H and O–H groups in total. The number of pyridine rings is 1. The number of nitrogens with two attached hydrogens (primary N) is 1. The van der Waals surface area contributed by atoms with Gasteiger partial charge in [0.1, 0.15) is 5.82 Å². The molecule has 16 heavy (non-hydrogen) atoms. The molecule has 0 aliphatic heterocycles. The summed E-state index contributed by atoms with van der Waals surface area (Å²) in [4.78, 5) is 6.70. The summed E-state index contributed by atoms with van der Waals surface area (Å²) in [5.74, 6) is 0.957. The molecule has 1 atom stereocenters. The highest BCUT2D eigenvalue weighted by Gasteiger charge is 2.14. The highest BCUT2D eigenvalue weighted by Crippen LogP contribution is 2.18. The smallest absolute Gasteiger partial charge is 0.129 e. The van der Waals surface area contributed by atoms with Crippen LogP contribution in [0.4, 0.5) is 11.5 Å². The maximum Gasteiger partial charge on any atom is 0.129 e. The molecule has 0 radical (unpaired) electrons. The van der Waals surface area contributed by atoms with Gasteiger partial charge in [-0.05, 0) is 32.9 Å². The molecule has 1 unspecified atom stereocenters. The van der Waals surface area contributed by atoms with E-state index < -0.39 is 0 Å². The van der Waals surface area contributed by atoms with Gasteiger partial charge in [-0.1, -0.05) is 0 Å². The van der Waals surface area contributed by atoms with Gasteiger partial charge in [-0.25, -0.2) is 4.98 Å². The number of nitrogen functional groups attached to an aromatic ring is 1. The van der Waals surface area contributed by atoms with Crippen LogP contribution >= 0.6 is 0 Å². The molecule has 0 amide bonds. The van der Waals surface area contributed by atoms with E-state index in [0.29, 0.717) is 12.6 Å². The summed E-state index contributed by atoms with van der Waals surface area (Å²) in [6.45, 7) is 7.76. The molecular weight excluding hydrogens is 202 g/mol. The molecule has 90 valence electrons. The monoisotopic (exact) mass is 223 g/mol. The van der Waals surface area contributed by atoms with Crippen LogP contribution in [0.15, 0.2) is 12.1 Å². The summed E-state index contributed by atoms with van der Waals surface area (Å²) in [6, 6.07) is 4.17. The minimum Gasteiger partial charge on any atom is -0.397 e. The average molecular weight is 223 g/mol. The topological polar surface area (TPSA) is 51.4 Å². The van der Waals surface area contributed by atoms with Crippen molar-refractivity contribution >= 4 is 11.5 Å². The summed E-state index contributed by atoms with van der Waals surface area (Å²) >= 11 is 0. The molecule has 1 heterocycles. The van der Waals surface area contributed by atoms with Crippen LogP contribution in [-0.4, -0.2) is 31.3 Å². The number of nitrogens with zero attached hydrogens (tertiary/aromatic N) is 2. The second-order valence-electron chi connectivity index (χ2n) is 3.93. The second kappa shape index (κ2) is 5.70. The third-order valence-corrected chi connectivity index (χ3v) is 2.69. The molecule has 1 aromatic rings. The molecule has 0 bridgehead atoms. The molecule has 0 saturated heterocycles. The van der Waals surface area contributed by atoms with Gasteiger partial charge >= 0.3 is 0 Å². The quantitative estimate of drug-likeness (QED) is 0.827. The van der Waals surface area contributed by atoms with Crippen molar-refractivity contribution < 1.29 is 4.74 Å². The fourth-order valence-electron chi connectivity index (χ4n) is 1.75. The van der Waals surface area contributed by atoms with E-state index in [1.807, 2.05) is 19.1 Å². The lowest BCUT2D eigenvalue weighted by molar-refractivity contribution is 0.181. The summed E-state index contributed by atoms with van der Waals surface area (Å²) < 4.78 is 5.17. The van der Waals surface area contributed by atoms with Gasteiger partial charge in [0, 0.05) is 13.7 Å². The van der Waals surface area contributed by atoms with Gasteiger partial charge in [0.2, 0.25) is 0 Å². The number of hydrogen-bond acceptors (Lipinski definition) is 4. The minimum absolute atomic E-state index is 0.311. The van der Waals surface area contributed by atoms with Crippen molar-refractivity contribution in [2.45, 2.75) is 26.8 Å². The van der Waals surface area contributed by atoms with Crippen LogP contribution in [0.5, 0.6) is 0 Å². The number of aryl methyl sites for hydroxylation is 1. The number of likely N-dealkylation sites (N-methyl/N-ethyl adjacent to an activating group) is 1. The van der Waals surface area contributed by atoms with Gasteiger partial charge in [-0.15, -0.1) is 0 Å². The third kappa shape index (κ3) is 2.85. The minimum atomic E-state index is 0.311. The summed E-state index contributed by atoms with van der Waals surface area (Å²) in [6.07, 6.45) is 0. The van der Waals surface area contributed by atoms with Gasteiger partial charge < -0.3 is 15.4 Å². The predicted molar refractivity (Wildman–Crippen MR) is 67.7 cm³/mol. The lowest BCUT2D eigenvalue weighted by Crippen LogP contribution is -2.36. The Labute approximate surface area is 97.4 Å². The van der Waals surface area contributed by atoms with E-state index in [0.717, 1.165) is 23.7 Å². The van der Waals surface area contributed by atoms with Crippen LogP contribution in [0.1, 0.15) is 19.5 Å². The Bertz CT molecular complexity index is 341. The Morgan fingerprint density at radius 1 is 1.50 bits per heavy atom. The zero-order valence-electron chi connectivity index (χ0n) is 10.5. The standard InChI is InChI=1S/C12H21N3O/c1-5-15(9(2)8-16-4)12-7-6-11(13)10(3)14-12/h6-7,9H,5,8,13H2,1-4H3. The Morgan fingerprint density at radius 3 is 2.69 bits per heavy atom. The molecule has 0 fully saturated rings. The zero-order chi connectivity index (χ0) is 12.1. The number of methoxy groups -OCH3 is 1. The van der Waals surface area contributed by atoms with Gasteiger partial charge in [0.15, 0.2) is 0 Å². The van der Waals surface area contributed by atoms with Crippen molar-refractivity contribution in [3.8, 4) is 0 Å². The lowest BCUT2D eigenvalue weighted by Gasteiger charge is -2.28. The molecule has 0 spiro atoms. The normalized spacial score (nSPS) is 12.5. The lowest BCUT2D eigenvalue weighted by atomic mass is 10.2. The summed E-state index contributed by atoms with van der Waals surface area (Å²) in [5, 5.41) is 0. The number of anilines is 2. The van der Waals surface area contributed by atoms with E-state index >= 15 is 0 Å². The van der Waals surface area contributed by atoms with Crippen LogP contribution in [0, 0.1) is 6.92 Å². The molecule has 1 aromatic heterocycles. The largest absolute Gasteiger partial charge is 0.397 e. The van der Waals surface area contributed by atoms with Gasteiger partial charge in [-0.3, -0.25) is 0 Å². The highest BCUT2D eigenvalue weighted by atomic mass is 16.5. The van der Waals surface area contributed by atoms with Gasteiger partial charge in [-0.2, -0.15) is 0 Å². The zero-order valence-corrected chi connectivity index (χ0v) is 10.5. The van der Waals surface area contributed by atoms with E-state index in [2.05, 4.69) is 23.7 Å². The van der Waals surface area contributed by atoms with Crippen LogP contribution in [0.2, 0.25) is 0 Å². The first-order valence-corrected chi connectivity index (χ1v) is 5.58. The molecule has 0 aliphatic carbocycles. The maximum atomic E-state index is 5.76. The molecule has 0 saturated carbocycles. The fourth-order valence-corrected chi connectivity index (χ4v) is 1.75. The highest BCUT2D eigenvalue weighted by molar-refractivity contribution is 5.50. The van der Waals surface area contributed by atoms with Crippen molar-refractivity contribution in [2.24, 2.45) is 0 Å². The maximum absolute atomic E-state index is 5.76. The van der Waals surface area contributed by atoms with E-state index in [1.54, 1.807) is 7.11 Å². The van der Waals surface area contributed by atoms with Crippen LogP contribution in [0.3, 0.4) is 0 Å². The number of hydrogen-bond donors (Lipinski definition) is 1. The van der Waals surface area contributed by atoms with Crippen molar-refractivity contribution in [2.75, 3.05) is 30.9 Å². The Morgan fingerprint density at radius 2 is 2.19 bits per heavy atom. The first-order chi connectivity index (χ1) is 7.60. The van der Waals surface area contributed by atoms with E-state index in [-0.39, 0.29) is 0 Å². The number of rotatable bonds is 5. The Balaban J connectivity index is 2.90. The van der Waals surface area contributed by atoms with Crippen LogP contribution < -0.4 is 10.6 Å². The fraction of sp³-hybridized carbons (Fsp3) is 0.583. The Kier molecular flexibility index (Phi) is 4.55. The molecule has 0 aromatic carbocycles. The van der Waals surface area contributed by atoms with E-state index in [9.17, 15) is 0 Å². The van der Waals surface area contributed by atoms with Crippen molar-refractivity contribution in [1.82, 2.24) is 4.98 Å². The summed E-state index contributed by atoms with van der Waals surface area (Å²) in [5.41, 5.74) is 7.37. The molecule has 1 rings (SSSR count). The molecule has 0 aliphatic rings. The predicted octanol–water partition coefficient (Wildman–Crippen LogP) is 1.83. The van der Waals surface area contributed by atoms with Crippen molar-refractivity contribution in [3.63, 3.8) is 0 Å². The Hall–Kier alpha value is -1.29. The van der Waals surface area contributed by atoms with E-state index in [4.69, 9.17) is 10.5 Å². The second-order valence-corrected chi connectivity index (χ2v) is 3.93. The molecule has 4 heteroatoms. The summed E-state index contributed by atoms with van der Waals surface area (Å²) in [7, 11) is 1.71. The molecule has 4 nitrogen and oxygen atoms in total. The van der Waals surface area contributed by atoms with Crippen molar-refractivity contribution in [1.29, 1.82) is 0 Å². The number of aromatic nitrogens is 1.